The molecule has 3 heteroatoms. The molecule has 2 aromatic rings. The lowest BCUT2D eigenvalue weighted by molar-refractivity contribution is 0.960. The van der Waals surface area contributed by atoms with E-state index in [2.05, 4.69) is 6.07 Å². The Labute approximate surface area is 87.3 Å². The third-order valence-electron chi connectivity index (χ3n) is 2.30. The van der Waals surface area contributed by atoms with Crippen LogP contribution in [0.1, 0.15) is 5.56 Å². The maximum absolute atomic E-state index is 8.67. The Morgan fingerprint density at radius 3 is 3.00 bits per heavy atom. The Bertz CT molecular complexity index is 520. The molecule has 0 saturated heterocycles. The second-order valence-corrected chi connectivity index (χ2v) is 3.70. The normalized spacial score (nSPS) is 10.4. The van der Waals surface area contributed by atoms with Crippen molar-refractivity contribution in [1.29, 1.82) is 5.26 Å². The Balaban J connectivity index is 2.74. The van der Waals surface area contributed by atoms with Crippen molar-refractivity contribution in [2.75, 3.05) is 0 Å². The van der Waals surface area contributed by atoms with Gasteiger partial charge in [-0.2, -0.15) is 5.26 Å². The molecule has 14 heavy (non-hydrogen) atoms. The fourth-order valence-corrected chi connectivity index (χ4v) is 1.84. The Hall–Kier alpha value is -1.46. The molecular weight excluding hydrogens is 196 g/mol. The molecule has 0 amide bonds. The number of hydrogen-bond donors (Lipinski definition) is 0. The molecule has 0 aliphatic carbocycles. The van der Waals surface area contributed by atoms with Crippen LogP contribution in [-0.4, -0.2) is 4.57 Å². The van der Waals surface area contributed by atoms with Crippen LogP contribution in [0, 0.1) is 11.3 Å². The van der Waals surface area contributed by atoms with E-state index in [4.69, 9.17) is 16.9 Å². The minimum Gasteiger partial charge on any atom is -0.350 e. The highest BCUT2D eigenvalue weighted by atomic mass is 35.5. The van der Waals surface area contributed by atoms with Gasteiger partial charge in [0.1, 0.15) is 0 Å². The summed E-state index contributed by atoms with van der Waals surface area (Å²) in [7, 11) is 1.97. The van der Waals surface area contributed by atoms with Gasteiger partial charge >= 0.3 is 0 Å². The van der Waals surface area contributed by atoms with E-state index in [1.807, 2.05) is 36.0 Å². The smallest absolute Gasteiger partial charge is 0.0670 e. The number of aromatic nitrogens is 1. The van der Waals surface area contributed by atoms with Gasteiger partial charge in [-0.1, -0.05) is 11.6 Å². The van der Waals surface area contributed by atoms with Gasteiger partial charge in [-0.25, -0.2) is 0 Å². The van der Waals surface area contributed by atoms with Crippen molar-refractivity contribution in [3.8, 4) is 6.07 Å². The number of halogens is 1. The highest BCUT2D eigenvalue weighted by Crippen LogP contribution is 2.24. The van der Waals surface area contributed by atoms with Gasteiger partial charge in [0, 0.05) is 29.2 Å². The van der Waals surface area contributed by atoms with Crippen molar-refractivity contribution in [2.24, 2.45) is 7.05 Å². The Kier molecular flexibility index (Phi) is 2.18. The minimum absolute atomic E-state index is 0.428. The zero-order valence-electron chi connectivity index (χ0n) is 7.79. The van der Waals surface area contributed by atoms with E-state index in [1.165, 1.54) is 0 Å². The molecule has 1 heterocycles. The van der Waals surface area contributed by atoms with Crippen LogP contribution in [0.3, 0.4) is 0 Å². The molecule has 0 saturated carbocycles. The molecule has 0 atom stereocenters. The summed E-state index contributed by atoms with van der Waals surface area (Å²) < 4.78 is 2.01. The number of benzene rings is 1. The van der Waals surface area contributed by atoms with Crippen molar-refractivity contribution in [2.45, 2.75) is 6.42 Å². The van der Waals surface area contributed by atoms with Gasteiger partial charge in [-0.15, -0.1) is 0 Å². The summed E-state index contributed by atoms with van der Waals surface area (Å²) in [5, 5.41) is 10.4. The molecule has 1 aromatic carbocycles. The fourth-order valence-electron chi connectivity index (χ4n) is 1.67. The van der Waals surface area contributed by atoms with Crippen LogP contribution in [0.2, 0.25) is 5.02 Å². The molecule has 0 fully saturated rings. The lowest BCUT2D eigenvalue weighted by atomic mass is 10.1. The second-order valence-electron chi connectivity index (χ2n) is 3.26. The first-order valence-electron chi connectivity index (χ1n) is 4.33. The van der Waals surface area contributed by atoms with E-state index in [-0.39, 0.29) is 0 Å². The Morgan fingerprint density at radius 2 is 2.29 bits per heavy atom. The number of aryl methyl sites for hydroxylation is 1. The van der Waals surface area contributed by atoms with E-state index in [1.54, 1.807) is 0 Å². The summed E-state index contributed by atoms with van der Waals surface area (Å²) in [6.07, 6.45) is 2.40. The van der Waals surface area contributed by atoms with E-state index in [0.717, 1.165) is 16.5 Å². The zero-order chi connectivity index (χ0) is 10.1. The molecule has 0 bridgehead atoms. The average Bonchev–Trinajstić information content (AvgIpc) is 2.44. The van der Waals surface area contributed by atoms with Crippen LogP contribution in [0.4, 0.5) is 0 Å². The molecular formula is C11H9ClN2. The first-order chi connectivity index (χ1) is 6.72. The topological polar surface area (TPSA) is 28.7 Å². The van der Waals surface area contributed by atoms with Gasteiger partial charge in [0.15, 0.2) is 0 Å². The van der Waals surface area contributed by atoms with Gasteiger partial charge in [0.05, 0.1) is 12.5 Å². The van der Waals surface area contributed by atoms with Gasteiger partial charge < -0.3 is 4.57 Å². The molecule has 0 aliphatic rings. The first kappa shape index (κ1) is 9.11. The van der Waals surface area contributed by atoms with Gasteiger partial charge in [0.25, 0.3) is 0 Å². The predicted molar refractivity (Wildman–Crippen MR) is 57.2 cm³/mol. The first-order valence-corrected chi connectivity index (χ1v) is 4.70. The lowest BCUT2D eigenvalue weighted by Crippen LogP contribution is -1.82. The monoisotopic (exact) mass is 204 g/mol. The van der Waals surface area contributed by atoms with Crippen molar-refractivity contribution in [1.82, 2.24) is 4.57 Å². The van der Waals surface area contributed by atoms with Crippen LogP contribution in [0.25, 0.3) is 10.9 Å². The van der Waals surface area contributed by atoms with Crippen LogP contribution in [0.15, 0.2) is 24.4 Å². The third-order valence-corrected chi connectivity index (χ3v) is 2.54. The zero-order valence-corrected chi connectivity index (χ0v) is 8.54. The highest BCUT2D eigenvalue weighted by molar-refractivity contribution is 6.31. The minimum atomic E-state index is 0.428. The average molecular weight is 205 g/mol. The molecule has 0 unspecified atom stereocenters. The molecule has 0 spiro atoms. The number of hydrogen-bond acceptors (Lipinski definition) is 1. The summed E-state index contributed by atoms with van der Waals surface area (Å²) in [6.45, 7) is 0. The van der Waals surface area contributed by atoms with E-state index < -0.39 is 0 Å². The number of nitriles is 1. The van der Waals surface area contributed by atoms with Crippen molar-refractivity contribution in [3.05, 3.63) is 35.0 Å². The summed E-state index contributed by atoms with van der Waals surface area (Å²) in [6, 6.07) is 7.89. The van der Waals surface area contributed by atoms with E-state index in [0.29, 0.717) is 11.4 Å². The van der Waals surface area contributed by atoms with Gasteiger partial charge in [-0.3, -0.25) is 0 Å². The SMILES string of the molecule is Cn1cc(CC#N)c2cc(Cl)ccc21. The molecule has 0 N–H and O–H groups in total. The van der Waals surface area contributed by atoms with E-state index >= 15 is 0 Å². The third kappa shape index (κ3) is 1.36. The molecule has 2 nitrogen and oxygen atoms in total. The number of rotatable bonds is 1. The van der Waals surface area contributed by atoms with Crippen molar-refractivity contribution < 1.29 is 0 Å². The maximum Gasteiger partial charge on any atom is 0.0670 e. The molecule has 0 aliphatic heterocycles. The molecule has 2 rings (SSSR count). The quantitative estimate of drug-likeness (QED) is 0.702. The van der Waals surface area contributed by atoms with Crippen LogP contribution >= 0.6 is 11.6 Å². The standard InChI is InChI=1S/C11H9ClN2/c1-14-7-8(4-5-13)10-6-9(12)2-3-11(10)14/h2-3,6-7H,4H2,1H3. The molecule has 70 valence electrons. The van der Waals surface area contributed by atoms with Crippen LogP contribution < -0.4 is 0 Å². The summed E-state index contributed by atoms with van der Waals surface area (Å²) in [4.78, 5) is 0. The highest BCUT2D eigenvalue weighted by Gasteiger charge is 2.05. The summed E-state index contributed by atoms with van der Waals surface area (Å²) in [5.74, 6) is 0. The maximum atomic E-state index is 8.67. The lowest BCUT2D eigenvalue weighted by Gasteiger charge is -1.95. The predicted octanol–water partition coefficient (Wildman–Crippen LogP) is 2.90. The number of nitrogens with zero attached hydrogens (tertiary/aromatic N) is 2. The summed E-state index contributed by atoms with van der Waals surface area (Å²) >= 11 is 5.91. The number of fused-ring (bicyclic) bond motifs is 1. The van der Waals surface area contributed by atoms with Gasteiger partial charge in [-0.05, 0) is 23.8 Å². The van der Waals surface area contributed by atoms with Crippen molar-refractivity contribution >= 4 is 22.5 Å². The summed E-state index contributed by atoms with van der Waals surface area (Å²) in [5.41, 5.74) is 2.15. The van der Waals surface area contributed by atoms with Crippen LogP contribution in [0.5, 0.6) is 0 Å². The second kappa shape index (κ2) is 3.36. The largest absolute Gasteiger partial charge is 0.350 e. The van der Waals surface area contributed by atoms with Crippen LogP contribution in [-0.2, 0) is 13.5 Å². The van der Waals surface area contributed by atoms with Gasteiger partial charge in [0.2, 0.25) is 0 Å². The fraction of sp³-hybridized carbons (Fsp3) is 0.182. The molecule has 0 radical (unpaired) electrons. The van der Waals surface area contributed by atoms with Crippen molar-refractivity contribution in [3.63, 3.8) is 0 Å². The Morgan fingerprint density at radius 1 is 1.50 bits per heavy atom. The van der Waals surface area contributed by atoms with E-state index in [9.17, 15) is 0 Å². The molecule has 1 aromatic heterocycles.